The average Bonchev–Trinajstić information content (AvgIpc) is 3.33. The molecule has 2 bridgehead atoms. The number of benzene rings is 3. The molecular weight excluding hydrogens is 418 g/mol. The Labute approximate surface area is 201 Å². The Morgan fingerprint density at radius 1 is 0.941 bits per heavy atom. The summed E-state index contributed by atoms with van der Waals surface area (Å²) >= 11 is 0. The first-order valence-electron chi connectivity index (χ1n) is 12.6. The Morgan fingerprint density at radius 3 is 2.35 bits per heavy atom. The van der Waals surface area contributed by atoms with Crippen LogP contribution in [-0.4, -0.2) is 18.4 Å². The molecule has 7 rings (SSSR count). The number of aromatic hydroxyl groups is 1. The van der Waals surface area contributed by atoms with Crippen molar-refractivity contribution in [3.8, 4) is 22.6 Å². The predicted molar refractivity (Wildman–Crippen MR) is 136 cm³/mol. The highest BCUT2D eigenvalue weighted by Crippen LogP contribution is 2.84. The fourth-order valence-corrected chi connectivity index (χ4v) is 8.52. The maximum absolute atomic E-state index is 11.5. The van der Waals surface area contributed by atoms with Crippen LogP contribution in [0.15, 0.2) is 65.7 Å². The number of hydrogen-bond donors (Lipinski definition) is 1. The molecule has 1 N–H and O–H groups in total. The summed E-state index contributed by atoms with van der Waals surface area (Å²) in [4.78, 5) is 4.88. The maximum atomic E-state index is 11.5. The summed E-state index contributed by atoms with van der Waals surface area (Å²) in [6.07, 6.45) is 8.54. The minimum Gasteiger partial charge on any atom is -0.507 e. The lowest BCUT2D eigenvalue weighted by atomic mass is 9.38. The molecule has 0 saturated heterocycles. The lowest BCUT2D eigenvalue weighted by Crippen LogP contribution is -2.59. The number of rotatable bonds is 5. The predicted octanol–water partition coefficient (Wildman–Crippen LogP) is 7.20. The third kappa shape index (κ3) is 2.56. The first-order valence-corrected chi connectivity index (χ1v) is 12.6. The van der Waals surface area contributed by atoms with Gasteiger partial charge in [-0.15, -0.1) is 0 Å². The van der Waals surface area contributed by atoms with Gasteiger partial charge in [0.15, 0.2) is 0 Å². The van der Waals surface area contributed by atoms with Crippen LogP contribution in [0.4, 0.5) is 5.69 Å². The lowest BCUT2D eigenvalue weighted by molar-refractivity contribution is -0.175. The largest absolute Gasteiger partial charge is 0.507 e. The van der Waals surface area contributed by atoms with E-state index < -0.39 is 0 Å². The quantitative estimate of drug-likeness (QED) is 0.418. The highest BCUT2D eigenvalue weighted by Gasteiger charge is 2.77. The van der Waals surface area contributed by atoms with Gasteiger partial charge in [-0.1, -0.05) is 42.5 Å². The number of nitrogens with zero attached hydrogens (tertiary/aromatic N) is 1. The topological polar surface area (TPSA) is 41.8 Å². The van der Waals surface area contributed by atoms with Gasteiger partial charge in [-0.2, -0.15) is 0 Å². The molecule has 2 atom stereocenters. The third-order valence-electron chi connectivity index (χ3n) is 9.84. The van der Waals surface area contributed by atoms with E-state index in [0.717, 1.165) is 45.9 Å². The molecule has 172 valence electrons. The van der Waals surface area contributed by atoms with Crippen molar-refractivity contribution in [3.05, 3.63) is 77.4 Å². The van der Waals surface area contributed by atoms with Crippen molar-refractivity contribution in [2.24, 2.45) is 28.2 Å². The second-order valence-corrected chi connectivity index (χ2v) is 11.3. The van der Waals surface area contributed by atoms with Gasteiger partial charge in [0.2, 0.25) is 0 Å². The zero-order chi connectivity index (χ0) is 23.1. The summed E-state index contributed by atoms with van der Waals surface area (Å²) in [6, 6.07) is 20.5. The van der Waals surface area contributed by atoms with Gasteiger partial charge < -0.3 is 9.84 Å². The first kappa shape index (κ1) is 20.3. The first-order chi connectivity index (χ1) is 16.5. The fraction of sp³-hybridized carbons (Fsp3) is 0.387. The number of hydrogen-bond acceptors (Lipinski definition) is 3. The van der Waals surface area contributed by atoms with E-state index >= 15 is 0 Å². The Hall–Kier alpha value is -3.07. The molecule has 2 unspecified atom stereocenters. The summed E-state index contributed by atoms with van der Waals surface area (Å²) in [6.45, 7) is 2.15. The summed E-state index contributed by atoms with van der Waals surface area (Å²) in [5.41, 5.74) is 6.93. The molecule has 3 aromatic rings. The summed E-state index contributed by atoms with van der Waals surface area (Å²) in [5.74, 6) is 4.05. The molecule has 3 heteroatoms. The van der Waals surface area contributed by atoms with Crippen molar-refractivity contribution < 1.29 is 9.84 Å². The normalized spacial score (nSPS) is 32.4. The van der Waals surface area contributed by atoms with Crippen LogP contribution in [0.3, 0.4) is 0 Å². The highest BCUT2D eigenvalue weighted by atomic mass is 16.5. The van der Waals surface area contributed by atoms with E-state index in [1.54, 1.807) is 7.11 Å². The van der Waals surface area contributed by atoms with E-state index in [9.17, 15) is 5.11 Å². The molecule has 1 spiro atoms. The van der Waals surface area contributed by atoms with Gasteiger partial charge in [0.05, 0.1) is 12.8 Å². The van der Waals surface area contributed by atoms with Crippen LogP contribution >= 0.6 is 0 Å². The fourth-order valence-electron chi connectivity index (χ4n) is 8.52. The molecule has 3 aromatic carbocycles. The van der Waals surface area contributed by atoms with Crippen LogP contribution in [0.5, 0.6) is 11.5 Å². The number of aryl methyl sites for hydroxylation is 1. The van der Waals surface area contributed by atoms with Crippen LogP contribution < -0.4 is 4.74 Å². The van der Waals surface area contributed by atoms with E-state index in [2.05, 4.69) is 31.2 Å². The molecule has 0 aliphatic heterocycles. The maximum Gasteiger partial charge on any atom is 0.128 e. The molecule has 0 radical (unpaired) electrons. The summed E-state index contributed by atoms with van der Waals surface area (Å²) in [7, 11) is 1.70. The van der Waals surface area contributed by atoms with Gasteiger partial charge in [0, 0.05) is 33.9 Å². The number of methoxy groups -OCH3 is 1. The van der Waals surface area contributed by atoms with Crippen LogP contribution in [0.25, 0.3) is 11.1 Å². The second-order valence-electron chi connectivity index (χ2n) is 11.3. The van der Waals surface area contributed by atoms with Gasteiger partial charge in [-0.25, -0.2) is 0 Å². The summed E-state index contributed by atoms with van der Waals surface area (Å²) in [5, 5.41) is 11.5. The van der Waals surface area contributed by atoms with Crippen molar-refractivity contribution in [1.29, 1.82) is 0 Å². The van der Waals surface area contributed by atoms with E-state index in [1.165, 1.54) is 43.2 Å². The molecule has 3 nitrogen and oxygen atoms in total. The molecule has 4 aliphatic carbocycles. The van der Waals surface area contributed by atoms with Crippen molar-refractivity contribution in [2.75, 3.05) is 7.11 Å². The zero-order valence-corrected chi connectivity index (χ0v) is 19.9. The molecule has 4 fully saturated rings. The van der Waals surface area contributed by atoms with Gasteiger partial charge in [-0.3, -0.25) is 4.99 Å². The second kappa shape index (κ2) is 6.97. The van der Waals surface area contributed by atoms with Crippen LogP contribution in [-0.2, 0) is 5.41 Å². The molecule has 0 aromatic heterocycles. The monoisotopic (exact) mass is 449 g/mol. The van der Waals surface area contributed by atoms with E-state index in [-0.39, 0.29) is 5.41 Å². The minimum absolute atomic E-state index is 0.175. The Bertz CT molecular complexity index is 1320. The molecule has 4 aliphatic rings. The average molecular weight is 450 g/mol. The van der Waals surface area contributed by atoms with Crippen molar-refractivity contribution in [3.63, 3.8) is 0 Å². The lowest BCUT2D eigenvalue weighted by Gasteiger charge is -2.66. The Kier molecular flexibility index (Phi) is 4.17. The Balaban J connectivity index is 1.27. The number of phenols is 1. The smallest absolute Gasteiger partial charge is 0.128 e. The molecule has 0 amide bonds. The van der Waals surface area contributed by atoms with Gasteiger partial charge in [0.25, 0.3) is 0 Å². The van der Waals surface area contributed by atoms with Crippen molar-refractivity contribution in [2.45, 2.75) is 44.4 Å². The number of ether oxygens (including phenoxy) is 1. The molecule has 34 heavy (non-hydrogen) atoms. The highest BCUT2D eigenvalue weighted by molar-refractivity contribution is 5.90. The molecule has 0 heterocycles. The minimum atomic E-state index is 0.175. The third-order valence-corrected chi connectivity index (χ3v) is 9.84. The van der Waals surface area contributed by atoms with Crippen LogP contribution in [0, 0.1) is 30.1 Å². The number of para-hydroxylation sites is 2. The SMILES string of the molecule is COc1ccccc1-c1ccccc1N=Cc1cc(C)cc(C23CC4CC5CC(C2)C54C3)c1O. The zero-order valence-electron chi connectivity index (χ0n) is 19.9. The van der Waals surface area contributed by atoms with Crippen LogP contribution in [0.1, 0.15) is 48.8 Å². The van der Waals surface area contributed by atoms with Crippen molar-refractivity contribution in [1.82, 2.24) is 0 Å². The Morgan fingerprint density at radius 2 is 1.65 bits per heavy atom. The van der Waals surface area contributed by atoms with Gasteiger partial charge in [0.1, 0.15) is 11.5 Å². The molecule has 4 saturated carbocycles. The van der Waals surface area contributed by atoms with Crippen molar-refractivity contribution >= 4 is 11.9 Å². The van der Waals surface area contributed by atoms with Gasteiger partial charge >= 0.3 is 0 Å². The number of phenolic OH excluding ortho intramolecular Hbond substituents is 1. The van der Waals surface area contributed by atoms with Crippen LogP contribution in [0.2, 0.25) is 0 Å². The molecular formula is C31H31NO2. The van der Waals surface area contributed by atoms with E-state index in [4.69, 9.17) is 9.73 Å². The van der Waals surface area contributed by atoms with E-state index in [0.29, 0.717) is 11.2 Å². The number of fused-ring (bicyclic) bond motifs is 1. The van der Waals surface area contributed by atoms with E-state index in [1.807, 2.05) is 42.6 Å². The van der Waals surface area contributed by atoms with Gasteiger partial charge in [-0.05, 0) is 86.0 Å². The number of aliphatic imine (C=N–C) groups is 1. The summed E-state index contributed by atoms with van der Waals surface area (Å²) < 4.78 is 5.59. The standard InChI is InChI=1S/C31H31NO2/c1-19-11-20(17-32-27-9-5-3-7-24(27)25-8-4-6-10-28(25)34-2)29(33)26(12-19)30-15-22-13-21-14-23(16-30)31(21,22)18-30/h3-12,17,21-23,33H,13-16,18H2,1-2H3.